The second kappa shape index (κ2) is 5.86. The van der Waals surface area contributed by atoms with E-state index in [4.69, 9.17) is 5.11 Å². The molecule has 1 rings (SSSR count). The molecule has 1 aromatic heterocycles. The van der Waals surface area contributed by atoms with Gasteiger partial charge < -0.3 is 14.6 Å². The van der Waals surface area contributed by atoms with Crippen LogP contribution in [0.25, 0.3) is 0 Å². The van der Waals surface area contributed by atoms with Gasteiger partial charge in [0.05, 0.1) is 19.1 Å². The van der Waals surface area contributed by atoms with Crippen molar-refractivity contribution in [3.8, 4) is 0 Å². The molecule has 7 heteroatoms. The number of hydrogen-bond acceptors (Lipinski definition) is 5. The van der Waals surface area contributed by atoms with Gasteiger partial charge in [0.15, 0.2) is 6.04 Å². The highest BCUT2D eigenvalue weighted by molar-refractivity contribution is 5.75. The molecule has 0 bridgehead atoms. The summed E-state index contributed by atoms with van der Waals surface area (Å²) in [6, 6.07) is -0.926. The Balaban J connectivity index is 2.61. The number of aryl methyl sites for hydroxylation is 1. The van der Waals surface area contributed by atoms with E-state index < -0.39 is 12.0 Å². The van der Waals surface area contributed by atoms with Crippen molar-refractivity contribution < 1.29 is 19.7 Å². The van der Waals surface area contributed by atoms with Crippen LogP contribution in [0.2, 0.25) is 0 Å². The van der Waals surface area contributed by atoms with Crippen LogP contribution >= 0.6 is 0 Å². The molecule has 7 nitrogen and oxygen atoms in total. The quantitative estimate of drug-likeness (QED) is 0.320. The highest BCUT2D eigenvalue weighted by Gasteiger charge is 2.17. The standard InChI is InChI=1S/C9H13N3O4/c1-12-4-7(10-5-12)3-8(9(13)14)11-6-16-15-2/h4-6,8H,3H2,1-2H3,(H,13,14)/b11-6+/t8-/m1/s1. The van der Waals surface area contributed by atoms with Gasteiger partial charge in [-0.3, -0.25) is 0 Å². The largest absolute Gasteiger partial charge is 0.480 e. The Morgan fingerprint density at radius 3 is 3.06 bits per heavy atom. The fourth-order valence-corrected chi connectivity index (χ4v) is 1.12. The Kier molecular flexibility index (Phi) is 4.46. The molecule has 0 saturated carbocycles. The van der Waals surface area contributed by atoms with Gasteiger partial charge in [0.1, 0.15) is 0 Å². The Hall–Kier alpha value is -1.89. The molecular weight excluding hydrogens is 214 g/mol. The third-order valence-electron chi connectivity index (χ3n) is 1.83. The van der Waals surface area contributed by atoms with Crippen molar-refractivity contribution in [2.45, 2.75) is 12.5 Å². The maximum Gasteiger partial charge on any atom is 0.328 e. The second-order valence-corrected chi connectivity index (χ2v) is 3.11. The predicted octanol–water partition coefficient (Wildman–Crippen LogP) is 0.0221. The fourth-order valence-electron chi connectivity index (χ4n) is 1.12. The molecular formula is C9H13N3O4. The van der Waals surface area contributed by atoms with E-state index in [0.717, 1.165) is 6.40 Å². The van der Waals surface area contributed by atoms with Crippen molar-refractivity contribution in [1.29, 1.82) is 0 Å². The highest BCUT2D eigenvalue weighted by atomic mass is 17.2. The van der Waals surface area contributed by atoms with Crippen molar-refractivity contribution in [2.24, 2.45) is 12.0 Å². The number of carbonyl (C=O) groups is 1. The molecule has 0 aliphatic rings. The van der Waals surface area contributed by atoms with Crippen LogP contribution in [0.15, 0.2) is 17.5 Å². The maximum atomic E-state index is 10.9. The topological polar surface area (TPSA) is 85.9 Å². The molecule has 1 heterocycles. The second-order valence-electron chi connectivity index (χ2n) is 3.11. The third-order valence-corrected chi connectivity index (χ3v) is 1.83. The first-order valence-corrected chi connectivity index (χ1v) is 4.54. The van der Waals surface area contributed by atoms with Gasteiger partial charge in [0.25, 0.3) is 0 Å². The van der Waals surface area contributed by atoms with Gasteiger partial charge in [-0.25, -0.2) is 14.8 Å². The van der Waals surface area contributed by atoms with Crippen LogP contribution in [-0.4, -0.2) is 40.2 Å². The van der Waals surface area contributed by atoms with Crippen molar-refractivity contribution in [3.63, 3.8) is 0 Å². The lowest BCUT2D eigenvalue weighted by Gasteiger charge is -2.04. The van der Waals surface area contributed by atoms with Gasteiger partial charge in [-0.15, -0.1) is 0 Å². The van der Waals surface area contributed by atoms with Crippen LogP contribution in [0.3, 0.4) is 0 Å². The summed E-state index contributed by atoms with van der Waals surface area (Å²) in [6.07, 6.45) is 4.51. The number of aromatic nitrogens is 2. The molecule has 0 radical (unpaired) electrons. The monoisotopic (exact) mass is 227 g/mol. The van der Waals surface area contributed by atoms with Crippen LogP contribution in [0.5, 0.6) is 0 Å². The van der Waals surface area contributed by atoms with E-state index >= 15 is 0 Å². The maximum absolute atomic E-state index is 10.9. The zero-order chi connectivity index (χ0) is 12.0. The average Bonchev–Trinajstić information content (AvgIpc) is 2.63. The van der Waals surface area contributed by atoms with Crippen molar-refractivity contribution in [3.05, 3.63) is 18.2 Å². The number of imidazole rings is 1. The van der Waals surface area contributed by atoms with E-state index in [9.17, 15) is 4.79 Å². The Morgan fingerprint density at radius 2 is 2.56 bits per heavy atom. The minimum atomic E-state index is -1.04. The molecule has 1 N–H and O–H groups in total. The molecule has 0 amide bonds. The Labute approximate surface area is 92.3 Å². The molecule has 0 aliphatic heterocycles. The molecule has 88 valence electrons. The van der Waals surface area contributed by atoms with Crippen LogP contribution in [0.4, 0.5) is 0 Å². The van der Waals surface area contributed by atoms with Crippen molar-refractivity contribution in [2.75, 3.05) is 7.11 Å². The van der Waals surface area contributed by atoms with E-state index in [0.29, 0.717) is 5.69 Å². The van der Waals surface area contributed by atoms with E-state index in [1.54, 1.807) is 17.1 Å². The smallest absolute Gasteiger partial charge is 0.328 e. The number of carboxylic acids is 1. The first-order valence-electron chi connectivity index (χ1n) is 4.54. The van der Waals surface area contributed by atoms with Crippen molar-refractivity contribution >= 4 is 12.4 Å². The fraction of sp³-hybridized carbons (Fsp3) is 0.444. The first kappa shape index (κ1) is 12.2. The van der Waals surface area contributed by atoms with E-state index in [1.165, 1.54) is 7.11 Å². The number of carboxylic acid groups (broad SMARTS) is 1. The summed E-state index contributed by atoms with van der Waals surface area (Å²) >= 11 is 0. The van der Waals surface area contributed by atoms with Crippen LogP contribution in [0.1, 0.15) is 5.69 Å². The lowest BCUT2D eigenvalue weighted by Crippen LogP contribution is -2.21. The highest BCUT2D eigenvalue weighted by Crippen LogP contribution is 2.03. The number of aliphatic carboxylic acids is 1. The predicted molar refractivity (Wildman–Crippen MR) is 54.9 cm³/mol. The molecule has 0 fully saturated rings. The summed E-state index contributed by atoms with van der Waals surface area (Å²) in [4.78, 5) is 27.2. The Bertz CT molecular complexity index is 375. The van der Waals surface area contributed by atoms with Crippen LogP contribution in [0, 0.1) is 0 Å². The average molecular weight is 227 g/mol. The molecule has 0 spiro atoms. The van der Waals surface area contributed by atoms with Gasteiger partial charge in [-0.1, -0.05) is 0 Å². The summed E-state index contributed by atoms with van der Waals surface area (Å²) in [7, 11) is 3.12. The summed E-state index contributed by atoms with van der Waals surface area (Å²) in [5.41, 5.74) is 0.657. The number of hydrogen-bond donors (Lipinski definition) is 1. The number of nitrogens with zero attached hydrogens (tertiary/aromatic N) is 3. The van der Waals surface area contributed by atoms with Crippen LogP contribution < -0.4 is 0 Å². The molecule has 16 heavy (non-hydrogen) atoms. The van der Waals surface area contributed by atoms with Crippen molar-refractivity contribution in [1.82, 2.24) is 9.55 Å². The zero-order valence-electron chi connectivity index (χ0n) is 9.03. The molecule has 1 atom stereocenters. The lowest BCUT2D eigenvalue weighted by molar-refractivity contribution is -0.188. The number of rotatable bonds is 6. The van der Waals surface area contributed by atoms with Crippen LogP contribution in [-0.2, 0) is 28.0 Å². The summed E-state index contributed by atoms with van der Waals surface area (Å²) < 4.78 is 1.74. The molecule has 0 aromatic carbocycles. The van der Waals surface area contributed by atoms with E-state index in [-0.39, 0.29) is 6.42 Å². The SMILES string of the molecule is COO/C=N/[C@H](Cc1cn(C)cn1)C(=O)O. The van der Waals surface area contributed by atoms with Gasteiger partial charge in [0.2, 0.25) is 6.40 Å². The molecule has 0 unspecified atom stereocenters. The minimum absolute atomic E-state index is 0.208. The Morgan fingerprint density at radius 1 is 1.81 bits per heavy atom. The molecule has 0 saturated heterocycles. The molecule has 0 aliphatic carbocycles. The molecule has 1 aromatic rings. The van der Waals surface area contributed by atoms with Gasteiger partial charge in [-0.2, -0.15) is 4.89 Å². The zero-order valence-corrected chi connectivity index (χ0v) is 9.03. The third kappa shape index (κ3) is 3.70. The van der Waals surface area contributed by atoms with E-state index in [1.807, 2.05) is 7.05 Å². The summed E-state index contributed by atoms with van der Waals surface area (Å²) in [5, 5.41) is 8.90. The first-order chi connectivity index (χ1) is 7.63. The summed E-state index contributed by atoms with van der Waals surface area (Å²) in [6.45, 7) is 0. The lowest BCUT2D eigenvalue weighted by atomic mass is 10.2. The normalized spacial score (nSPS) is 12.9. The van der Waals surface area contributed by atoms with Gasteiger partial charge >= 0.3 is 5.97 Å². The van der Waals surface area contributed by atoms with Gasteiger partial charge in [-0.05, 0) is 0 Å². The summed E-state index contributed by atoms with van der Waals surface area (Å²) in [5.74, 6) is -1.04. The van der Waals surface area contributed by atoms with E-state index in [2.05, 4.69) is 19.8 Å². The number of aliphatic imine (C=N–C) groups is 1. The van der Waals surface area contributed by atoms with Gasteiger partial charge in [0, 0.05) is 19.7 Å². The minimum Gasteiger partial charge on any atom is -0.480 e.